The Morgan fingerprint density at radius 3 is 2.86 bits per heavy atom. The number of aliphatic carboxylic acids is 1. The van der Waals surface area contributed by atoms with Crippen molar-refractivity contribution < 1.29 is 19.4 Å². The Bertz CT molecular complexity index is 1010. The largest absolute Gasteiger partial charge is 0.495 e. The fourth-order valence-electron chi connectivity index (χ4n) is 3.62. The highest BCUT2D eigenvalue weighted by Gasteiger charge is 2.28. The molecule has 1 saturated heterocycles. The third-order valence-corrected chi connectivity index (χ3v) is 5.32. The molecule has 1 aliphatic rings. The van der Waals surface area contributed by atoms with Gasteiger partial charge in [-0.3, -0.25) is 9.36 Å². The van der Waals surface area contributed by atoms with E-state index in [2.05, 4.69) is 6.07 Å². The van der Waals surface area contributed by atoms with Crippen molar-refractivity contribution in [1.82, 2.24) is 4.57 Å². The summed E-state index contributed by atoms with van der Waals surface area (Å²) in [6.45, 7) is 1.17. The summed E-state index contributed by atoms with van der Waals surface area (Å²) in [7, 11) is 1.43. The van der Waals surface area contributed by atoms with Crippen LogP contribution in [0.25, 0.3) is 11.1 Å². The summed E-state index contributed by atoms with van der Waals surface area (Å²) in [4.78, 5) is 24.8. The molecular weight excluding hydrogens is 396 g/mol. The molecule has 0 radical (unpaired) electrons. The standard InChI is InChI=1S/C21H21ClN2O5/c1-28-19-11-24(18(21(26)27)7-13-3-2-6-29-12-13)20(25)9-17(19)16-8-15(22)5-4-14(16)10-23/h4-5,8-9,11,13,18H,2-3,6-7,12H2,1H3,(H,26,27). The average Bonchev–Trinajstić information content (AvgIpc) is 2.72. The number of carboxylic acid groups (broad SMARTS) is 1. The highest BCUT2D eigenvalue weighted by atomic mass is 35.5. The molecule has 152 valence electrons. The summed E-state index contributed by atoms with van der Waals surface area (Å²) in [6, 6.07) is 7.05. The summed E-state index contributed by atoms with van der Waals surface area (Å²) in [6.07, 6.45) is 3.42. The lowest BCUT2D eigenvalue weighted by Gasteiger charge is -2.26. The van der Waals surface area contributed by atoms with Crippen LogP contribution in [0.4, 0.5) is 0 Å². The summed E-state index contributed by atoms with van der Waals surface area (Å²) < 4.78 is 12.0. The van der Waals surface area contributed by atoms with E-state index in [1.54, 1.807) is 18.2 Å². The van der Waals surface area contributed by atoms with Crippen molar-refractivity contribution in [2.24, 2.45) is 5.92 Å². The minimum Gasteiger partial charge on any atom is -0.495 e. The van der Waals surface area contributed by atoms with Gasteiger partial charge in [-0.2, -0.15) is 5.26 Å². The molecule has 1 fully saturated rings. The van der Waals surface area contributed by atoms with Crippen molar-refractivity contribution in [3.63, 3.8) is 0 Å². The Balaban J connectivity index is 2.06. The fourth-order valence-corrected chi connectivity index (χ4v) is 3.80. The molecular formula is C21H21ClN2O5. The second-order valence-corrected chi connectivity index (χ2v) is 7.41. The lowest BCUT2D eigenvalue weighted by atomic mass is 9.94. The summed E-state index contributed by atoms with van der Waals surface area (Å²) in [5.41, 5.74) is 0.680. The molecule has 2 unspecified atom stereocenters. The van der Waals surface area contributed by atoms with Crippen molar-refractivity contribution in [1.29, 1.82) is 5.26 Å². The van der Waals surface area contributed by atoms with Crippen LogP contribution in [-0.2, 0) is 9.53 Å². The van der Waals surface area contributed by atoms with E-state index in [-0.39, 0.29) is 11.7 Å². The summed E-state index contributed by atoms with van der Waals surface area (Å²) >= 11 is 6.07. The molecule has 1 aromatic carbocycles. The number of rotatable bonds is 6. The molecule has 2 heterocycles. The normalized spacial score (nSPS) is 17.3. The van der Waals surface area contributed by atoms with Crippen LogP contribution in [0.5, 0.6) is 5.75 Å². The van der Waals surface area contributed by atoms with Gasteiger partial charge in [-0.1, -0.05) is 11.6 Å². The van der Waals surface area contributed by atoms with Gasteiger partial charge in [0.2, 0.25) is 0 Å². The summed E-state index contributed by atoms with van der Waals surface area (Å²) in [5.74, 6) is -0.733. The zero-order valence-electron chi connectivity index (χ0n) is 15.9. The van der Waals surface area contributed by atoms with Gasteiger partial charge in [0.1, 0.15) is 11.8 Å². The number of hydrogen-bond donors (Lipinski definition) is 1. The second kappa shape index (κ2) is 9.12. The summed E-state index contributed by atoms with van der Waals surface area (Å²) in [5, 5.41) is 19.6. The van der Waals surface area contributed by atoms with E-state index in [0.29, 0.717) is 41.3 Å². The highest BCUT2D eigenvalue weighted by Crippen LogP contribution is 2.34. The molecule has 7 nitrogen and oxygen atoms in total. The molecule has 0 bridgehead atoms. The van der Waals surface area contributed by atoms with E-state index < -0.39 is 17.6 Å². The monoisotopic (exact) mass is 416 g/mol. The highest BCUT2D eigenvalue weighted by molar-refractivity contribution is 6.31. The maximum absolute atomic E-state index is 12.9. The Hall–Kier alpha value is -2.82. The van der Waals surface area contributed by atoms with Crippen LogP contribution in [0.2, 0.25) is 5.02 Å². The van der Waals surface area contributed by atoms with Crippen molar-refractivity contribution in [3.8, 4) is 22.9 Å². The van der Waals surface area contributed by atoms with Crippen LogP contribution < -0.4 is 10.3 Å². The molecule has 3 rings (SSSR count). The van der Waals surface area contributed by atoms with E-state index in [1.165, 1.54) is 23.9 Å². The number of carbonyl (C=O) groups is 1. The predicted octanol–water partition coefficient (Wildman–Crippen LogP) is 3.49. The molecule has 1 aromatic heterocycles. The van der Waals surface area contributed by atoms with Crippen molar-refractivity contribution in [2.75, 3.05) is 20.3 Å². The van der Waals surface area contributed by atoms with Gasteiger partial charge >= 0.3 is 5.97 Å². The molecule has 2 aromatic rings. The van der Waals surface area contributed by atoms with E-state index >= 15 is 0 Å². The number of methoxy groups -OCH3 is 1. The SMILES string of the molecule is COc1cn(C(CC2CCCOC2)C(=O)O)c(=O)cc1-c1cc(Cl)ccc1C#N. The molecule has 2 atom stereocenters. The third kappa shape index (κ3) is 4.61. The van der Waals surface area contributed by atoms with Crippen LogP contribution in [-0.4, -0.2) is 36.0 Å². The number of halogens is 1. The minimum absolute atomic E-state index is 0.0699. The van der Waals surface area contributed by atoms with Gasteiger partial charge in [0, 0.05) is 35.4 Å². The Labute approximate surface area is 173 Å². The van der Waals surface area contributed by atoms with Crippen LogP contribution in [0, 0.1) is 17.2 Å². The quantitative estimate of drug-likeness (QED) is 0.773. The van der Waals surface area contributed by atoms with Crippen molar-refractivity contribution in [3.05, 3.63) is 51.4 Å². The molecule has 1 N–H and O–H groups in total. The number of ether oxygens (including phenoxy) is 2. The van der Waals surface area contributed by atoms with Crippen LogP contribution >= 0.6 is 11.6 Å². The molecule has 1 aliphatic heterocycles. The molecule has 0 aliphatic carbocycles. The maximum Gasteiger partial charge on any atom is 0.326 e. The van der Waals surface area contributed by atoms with Gasteiger partial charge in [0.25, 0.3) is 5.56 Å². The van der Waals surface area contributed by atoms with E-state index in [0.717, 1.165) is 12.8 Å². The van der Waals surface area contributed by atoms with Gasteiger partial charge in [-0.25, -0.2) is 4.79 Å². The Morgan fingerprint density at radius 2 is 2.24 bits per heavy atom. The van der Waals surface area contributed by atoms with Crippen molar-refractivity contribution in [2.45, 2.75) is 25.3 Å². The fraction of sp³-hybridized carbons (Fsp3) is 0.381. The first-order valence-electron chi connectivity index (χ1n) is 9.25. The van der Waals surface area contributed by atoms with Crippen LogP contribution in [0.15, 0.2) is 35.3 Å². The zero-order valence-corrected chi connectivity index (χ0v) is 16.7. The van der Waals surface area contributed by atoms with E-state index in [1.807, 2.05) is 0 Å². The minimum atomic E-state index is -1.09. The number of hydrogen-bond acceptors (Lipinski definition) is 5. The number of benzene rings is 1. The molecule has 8 heteroatoms. The van der Waals surface area contributed by atoms with Gasteiger partial charge in [0.05, 0.1) is 24.9 Å². The molecule has 29 heavy (non-hydrogen) atoms. The smallest absolute Gasteiger partial charge is 0.326 e. The van der Waals surface area contributed by atoms with E-state index in [4.69, 9.17) is 21.1 Å². The topological polar surface area (TPSA) is 102 Å². The lowest BCUT2D eigenvalue weighted by Crippen LogP contribution is -2.32. The van der Waals surface area contributed by atoms with Gasteiger partial charge < -0.3 is 14.6 Å². The third-order valence-electron chi connectivity index (χ3n) is 5.09. The van der Waals surface area contributed by atoms with Gasteiger partial charge in [-0.15, -0.1) is 0 Å². The van der Waals surface area contributed by atoms with Gasteiger partial charge in [0.15, 0.2) is 0 Å². The predicted molar refractivity (Wildman–Crippen MR) is 107 cm³/mol. The Kier molecular flexibility index (Phi) is 6.57. The lowest BCUT2D eigenvalue weighted by molar-refractivity contribution is -0.142. The number of carboxylic acids is 1. The number of aromatic nitrogens is 1. The Morgan fingerprint density at radius 1 is 1.45 bits per heavy atom. The van der Waals surface area contributed by atoms with Crippen LogP contribution in [0.3, 0.4) is 0 Å². The molecule has 0 amide bonds. The first-order valence-corrected chi connectivity index (χ1v) is 9.63. The molecule has 0 spiro atoms. The van der Waals surface area contributed by atoms with Gasteiger partial charge in [-0.05, 0) is 43.4 Å². The second-order valence-electron chi connectivity index (χ2n) is 6.98. The van der Waals surface area contributed by atoms with Crippen LogP contribution in [0.1, 0.15) is 30.9 Å². The molecule has 0 saturated carbocycles. The number of nitriles is 1. The first kappa shape index (κ1) is 20.9. The van der Waals surface area contributed by atoms with Crippen molar-refractivity contribution >= 4 is 17.6 Å². The zero-order chi connectivity index (χ0) is 21.0. The first-order chi connectivity index (χ1) is 13.9. The average molecular weight is 417 g/mol. The number of nitrogens with zero attached hydrogens (tertiary/aromatic N) is 2. The maximum atomic E-state index is 12.9. The van der Waals surface area contributed by atoms with E-state index in [9.17, 15) is 20.0 Å². The number of pyridine rings is 1.